The third kappa shape index (κ3) is 2.38. The van der Waals surface area contributed by atoms with Gasteiger partial charge in [0.25, 0.3) is 0 Å². The van der Waals surface area contributed by atoms with Gasteiger partial charge in [0.15, 0.2) is 0 Å². The topological polar surface area (TPSA) is 3.24 Å². The Bertz CT molecular complexity index is 97.4. The highest BCUT2D eigenvalue weighted by Gasteiger charge is 2.25. The fraction of sp³-hybridized carbons (Fsp3) is 1.00. The minimum Gasteiger partial charge on any atom is -0.302 e. The summed E-state index contributed by atoms with van der Waals surface area (Å²) in [4.78, 5) is 2.55. The lowest BCUT2D eigenvalue weighted by Crippen LogP contribution is -2.48. The third-order valence-corrected chi connectivity index (χ3v) is 3.12. The fourth-order valence-corrected chi connectivity index (χ4v) is 2.00. The van der Waals surface area contributed by atoms with Gasteiger partial charge in [-0.2, -0.15) is 0 Å². The molecule has 0 aromatic carbocycles. The molecule has 0 aromatic heterocycles. The first kappa shape index (κ1) is 8.78. The summed E-state index contributed by atoms with van der Waals surface area (Å²) in [6.07, 6.45) is 0. The Morgan fingerprint density at radius 3 is 2.50 bits per heavy atom. The predicted octanol–water partition coefficient (Wildman–Crippen LogP) is 2.01. The Hall–Kier alpha value is 0.690. The minimum atomic E-state index is 0.843. The molecule has 1 rings (SSSR count). The number of likely N-dealkylation sites (tertiary alicyclic amines) is 1. The van der Waals surface area contributed by atoms with Gasteiger partial charge in [-0.3, -0.25) is 0 Å². The number of halogens is 1. The highest BCUT2D eigenvalue weighted by Crippen LogP contribution is 2.18. The van der Waals surface area contributed by atoms with E-state index in [0.29, 0.717) is 0 Å². The number of alkyl halides is 1. The van der Waals surface area contributed by atoms with Crippen molar-refractivity contribution in [1.82, 2.24) is 4.90 Å². The molecule has 1 heterocycles. The van der Waals surface area contributed by atoms with Crippen LogP contribution >= 0.6 is 22.6 Å². The van der Waals surface area contributed by atoms with E-state index in [1.165, 1.54) is 24.1 Å². The summed E-state index contributed by atoms with van der Waals surface area (Å²) in [6, 6.07) is 0. The second-order valence-corrected chi connectivity index (χ2v) is 4.51. The molecule has 0 saturated carbocycles. The van der Waals surface area contributed by atoms with Crippen LogP contribution in [0, 0.1) is 11.8 Å². The molecule has 2 heteroatoms. The van der Waals surface area contributed by atoms with Gasteiger partial charge in [0, 0.05) is 24.1 Å². The fourth-order valence-electron chi connectivity index (χ4n) is 1.44. The van der Waals surface area contributed by atoms with Crippen LogP contribution in [0.3, 0.4) is 0 Å². The van der Waals surface area contributed by atoms with Gasteiger partial charge in [-0.05, 0) is 11.8 Å². The van der Waals surface area contributed by atoms with E-state index >= 15 is 0 Å². The normalized spacial score (nSPS) is 21.6. The standard InChI is InChI=1S/C8H16IN/c1-7(2)4-10-5-8(3-9)6-10/h7-8H,3-6H2,1-2H3. The largest absolute Gasteiger partial charge is 0.302 e. The quantitative estimate of drug-likeness (QED) is 0.549. The van der Waals surface area contributed by atoms with Crippen molar-refractivity contribution in [2.75, 3.05) is 24.1 Å². The van der Waals surface area contributed by atoms with Crippen LogP contribution in [0.1, 0.15) is 13.8 Å². The molecule has 0 bridgehead atoms. The number of rotatable bonds is 3. The zero-order valence-electron chi connectivity index (χ0n) is 6.81. The summed E-state index contributed by atoms with van der Waals surface area (Å²) < 4.78 is 1.34. The highest BCUT2D eigenvalue weighted by molar-refractivity contribution is 14.1. The van der Waals surface area contributed by atoms with Gasteiger partial charge in [-0.1, -0.05) is 36.4 Å². The zero-order chi connectivity index (χ0) is 7.56. The van der Waals surface area contributed by atoms with E-state index in [2.05, 4.69) is 41.3 Å². The molecule has 0 N–H and O–H groups in total. The second kappa shape index (κ2) is 3.90. The molecule has 0 radical (unpaired) electrons. The van der Waals surface area contributed by atoms with E-state index in [1.54, 1.807) is 0 Å². The van der Waals surface area contributed by atoms with Gasteiger partial charge in [0.1, 0.15) is 0 Å². The summed E-state index contributed by atoms with van der Waals surface area (Å²) in [7, 11) is 0. The monoisotopic (exact) mass is 253 g/mol. The third-order valence-electron chi connectivity index (χ3n) is 1.87. The van der Waals surface area contributed by atoms with Crippen LogP contribution in [0.5, 0.6) is 0 Å². The Kier molecular flexibility index (Phi) is 3.43. The van der Waals surface area contributed by atoms with E-state index in [-0.39, 0.29) is 0 Å². The lowest BCUT2D eigenvalue weighted by molar-refractivity contribution is 0.103. The van der Waals surface area contributed by atoms with Gasteiger partial charge in [-0.15, -0.1) is 0 Å². The molecule has 0 aromatic rings. The molecule has 1 nitrogen and oxygen atoms in total. The maximum absolute atomic E-state index is 2.55. The summed E-state index contributed by atoms with van der Waals surface area (Å²) in [5.74, 6) is 1.84. The van der Waals surface area contributed by atoms with Crippen molar-refractivity contribution in [2.45, 2.75) is 13.8 Å². The average Bonchev–Trinajstić information content (AvgIpc) is 1.76. The molecular formula is C8H16IN. The molecule has 1 fully saturated rings. The Labute approximate surface area is 77.3 Å². The molecule has 0 unspecified atom stereocenters. The molecule has 1 saturated heterocycles. The average molecular weight is 253 g/mol. The Morgan fingerprint density at radius 1 is 1.50 bits per heavy atom. The highest BCUT2D eigenvalue weighted by atomic mass is 127. The maximum atomic E-state index is 2.55. The van der Waals surface area contributed by atoms with Crippen LogP contribution in [0.15, 0.2) is 0 Å². The molecule has 1 aliphatic heterocycles. The molecule has 1 aliphatic rings. The van der Waals surface area contributed by atoms with Crippen LogP contribution in [-0.4, -0.2) is 29.0 Å². The molecule has 0 aliphatic carbocycles. The van der Waals surface area contributed by atoms with E-state index in [0.717, 1.165) is 11.8 Å². The van der Waals surface area contributed by atoms with Crippen molar-refractivity contribution in [2.24, 2.45) is 11.8 Å². The molecule has 60 valence electrons. The summed E-state index contributed by atoms with van der Waals surface area (Å²) in [5, 5.41) is 0. The lowest BCUT2D eigenvalue weighted by atomic mass is 10.0. The number of hydrogen-bond donors (Lipinski definition) is 0. The smallest absolute Gasteiger partial charge is 0.00481 e. The van der Waals surface area contributed by atoms with E-state index in [9.17, 15) is 0 Å². The molecule has 10 heavy (non-hydrogen) atoms. The minimum absolute atomic E-state index is 0.843. The number of hydrogen-bond acceptors (Lipinski definition) is 1. The summed E-state index contributed by atoms with van der Waals surface area (Å²) in [5.41, 5.74) is 0. The van der Waals surface area contributed by atoms with Crippen LogP contribution in [0.25, 0.3) is 0 Å². The summed E-state index contributed by atoms with van der Waals surface area (Å²) in [6.45, 7) is 8.57. The Balaban J connectivity index is 2.03. The van der Waals surface area contributed by atoms with E-state index in [1.807, 2.05) is 0 Å². The van der Waals surface area contributed by atoms with Gasteiger partial charge in [-0.25, -0.2) is 0 Å². The first-order chi connectivity index (χ1) is 4.72. The van der Waals surface area contributed by atoms with Gasteiger partial charge < -0.3 is 4.90 Å². The van der Waals surface area contributed by atoms with Crippen LogP contribution in [-0.2, 0) is 0 Å². The first-order valence-electron chi connectivity index (χ1n) is 4.00. The molecule has 0 spiro atoms. The van der Waals surface area contributed by atoms with E-state index in [4.69, 9.17) is 0 Å². The van der Waals surface area contributed by atoms with Gasteiger partial charge in [0.2, 0.25) is 0 Å². The van der Waals surface area contributed by atoms with Crippen molar-refractivity contribution in [1.29, 1.82) is 0 Å². The van der Waals surface area contributed by atoms with E-state index < -0.39 is 0 Å². The SMILES string of the molecule is CC(C)CN1CC(CI)C1. The maximum Gasteiger partial charge on any atom is 0.00481 e. The van der Waals surface area contributed by atoms with Crippen molar-refractivity contribution < 1.29 is 0 Å². The van der Waals surface area contributed by atoms with Crippen LogP contribution < -0.4 is 0 Å². The lowest BCUT2D eigenvalue weighted by Gasteiger charge is -2.39. The van der Waals surface area contributed by atoms with Crippen molar-refractivity contribution in [3.8, 4) is 0 Å². The van der Waals surface area contributed by atoms with Gasteiger partial charge in [0.05, 0.1) is 0 Å². The molecule has 0 atom stereocenters. The predicted molar refractivity (Wildman–Crippen MR) is 53.7 cm³/mol. The van der Waals surface area contributed by atoms with Crippen molar-refractivity contribution in [3.05, 3.63) is 0 Å². The summed E-state index contributed by atoms with van der Waals surface area (Å²) >= 11 is 2.48. The van der Waals surface area contributed by atoms with Gasteiger partial charge >= 0.3 is 0 Å². The molecule has 0 amide bonds. The zero-order valence-corrected chi connectivity index (χ0v) is 8.97. The van der Waals surface area contributed by atoms with Crippen LogP contribution in [0.2, 0.25) is 0 Å². The van der Waals surface area contributed by atoms with Crippen molar-refractivity contribution >= 4 is 22.6 Å². The Morgan fingerprint density at radius 2 is 2.10 bits per heavy atom. The van der Waals surface area contributed by atoms with Crippen LogP contribution in [0.4, 0.5) is 0 Å². The first-order valence-corrected chi connectivity index (χ1v) is 5.53. The van der Waals surface area contributed by atoms with Crippen molar-refractivity contribution in [3.63, 3.8) is 0 Å². The molecular weight excluding hydrogens is 237 g/mol. The second-order valence-electron chi connectivity index (χ2n) is 3.63. The number of nitrogens with zero attached hydrogens (tertiary/aromatic N) is 1.